The van der Waals surface area contributed by atoms with Gasteiger partial charge in [0, 0.05) is 36.8 Å². The van der Waals surface area contributed by atoms with Crippen LogP contribution in [0.3, 0.4) is 0 Å². The van der Waals surface area contributed by atoms with Crippen LogP contribution in [0.5, 0.6) is 0 Å². The van der Waals surface area contributed by atoms with E-state index in [-0.39, 0.29) is 5.91 Å². The van der Waals surface area contributed by atoms with Crippen LogP contribution in [0.25, 0.3) is 0 Å². The molecule has 0 radical (unpaired) electrons. The minimum absolute atomic E-state index is 0.0290. The van der Waals surface area contributed by atoms with Crippen molar-refractivity contribution in [3.63, 3.8) is 0 Å². The van der Waals surface area contributed by atoms with Gasteiger partial charge in [0.05, 0.1) is 24.6 Å². The minimum Gasteiger partial charge on any atom is -0.383 e. The monoisotopic (exact) mass is 359 g/mol. The first-order chi connectivity index (χ1) is 12.2. The maximum atomic E-state index is 12.1. The Bertz CT molecular complexity index is 700. The number of ether oxygens (including phenoxy) is 1. The molecule has 0 unspecified atom stereocenters. The van der Waals surface area contributed by atoms with Crippen LogP contribution in [0.4, 0.5) is 17.1 Å². The third-order valence-corrected chi connectivity index (χ3v) is 4.30. The number of nitrogens with one attached hydrogen (secondary N) is 2. The van der Waals surface area contributed by atoms with E-state index in [0.717, 1.165) is 43.4 Å². The van der Waals surface area contributed by atoms with Crippen LogP contribution in [0.2, 0.25) is 5.02 Å². The molecule has 0 bridgehead atoms. The van der Waals surface area contributed by atoms with Gasteiger partial charge in [-0.3, -0.25) is 4.79 Å². The topological polar surface area (TPSA) is 53.6 Å². The Morgan fingerprint density at radius 1 is 1.08 bits per heavy atom. The van der Waals surface area contributed by atoms with Gasteiger partial charge in [0.15, 0.2) is 0 Å². The van der Waals surface area contributed by atoms with Crippen molar-refractivity contribution in [2.75, 3.05) is 48.4 Å². The number of amides is 1. The maximum absolute atomic E-state index is 12.1. The zero-order chi connectivity index (χ0) is 17.5. The fourth-order valence-electron chi connectivity index (χ4n) is 2.77. The number of hydrogen-bond donors (Lipinski definition) is 2. The number of carbonyl (C=O) groups is 1. The molecule has 25 heavy (non-hydrogen) atoms. The minimum atomic E-state index is -0.0290. The van der Waals surface area contributed by atoms with E-state index in [1.54, 1.807) is 24.3 Å². The summed E-state index contributed by atoms with van der Waals surface area (Å²) in [5, 5.41) is 6.89. The molecule has 1 aliphatic rings. The van der Waals surface area contributed by atoms with Gasteiger partial charge in [-0.2, -0.15) is 0 Å². The molecule has 0 spiro atoms. The molecule has 6 heteroatoms. The number of para-hydroxylation sites is 2. The molecule has 0 atom stereocenters. The standard InChI is InChI=1S/C19H22ClN3O2/c20-15-5-7-16(8-6-15)22-19(24)9-10-21-17-3-1-2-4-18(17)23-11-13-25-14-12-23/h1-8,21H,9-14H2,(H,22,24). The SMILES string of the molecule is O=C(CCNc1ccccc1N1CCOCC1)Nc1ccc(Cl)cc1. The van der Waals surface area contributed by atoms with Crippen molar-refractivity contribution < 1.29 is 9.53 Å². The predicted octanol–water partition coefficient (Wildman–Crippen LogP) is 3.62. The summed E-state index contributed by atoms with van der Waals surface area (Å²) < 4.78 is 5.41. The van der Waals surface area contributed by atoms with Crippen molar-refractivity contribution in [1.29, 1.82) is 0 Å². The van der Waals surface area contributed by atoms with Crippen LogP contribution in [0.1, 0.15) is 6.42 Å². The van der Waals surface area contributed by atoms with Gasteiger partial charge in [0.2, 0.25) is 5.91 Å². The van der Waals surface area contributed by atoms with Gasteiger partial charge in [-0.1, -0.05) is 23.7 Å². The van der Waals surface area contributed by atoms with E-state index in [2.05, 4.69) is 21.6 Å². The number of hydrogen-bond acceptors (Lipinski definition) is 4. The summed E-state index contributed by atoms with van der Waals surface area (Å²) in [4.78, 5) is 14.4. The summed E-state index contributed by atoms with van der Waals surface area (Å²) in [7, 11) is 0. The van der Waals surface area contributed by atoms with Gasteiger partial charge in [-0.25, -0.2) is 0 Å². The second-order valence-electron chi connectivity index (χ2n) is 5.85. The number of rotatable bonds is 6. The highest BCUT2D eigenvalue weighted by atomic mass is 35.5. The highest BCUT2D eigenvalue weighted by molar-refractivity contribution is 6.30. The second kappa shape index (κ2) is 8.74. The smallest absolute Gasteiger partial charge is 0.226 e. The van der Waals surface area contributed by atoms with Gasteiger partial charge < -0.3 is 20.3 Å². The highest BCUT2D eigenvalue weighted by Gasteiger charge is 2.14. The molecular formula is C19H22ClN3O2. The van der Waals surface area contributed by atoms with E-state index in [1.807, 2.05) is 18.2 Å². The Hall–Kier alpha value is -2.24. The van der Waals surface area contributed by atoms with Crippen LogP contribution in [-0.2, 0) is 9.53 Å². The first kappa shape index (κ1) is 17.6. The molecular weight excluding hydrogens is 338 g/mol. The predicted molar refractivity (Wildman–Crippen MR) is 103 cm³/mol. The lowest BCUT2D eigenvalue weighted by Crippen LogP contribution is -2.36. The molecule has 1 heterocycles. The van der Waals surface area contributed by atoms with Crippen molar-refractivity contribution in [3.8, 4) is 0 Å². The van der Waals surface area contributed by atoms with Gasteiger partial charge in [-0.05, 0) is 36.4 Å². The van der Waals surface area contributed by atoms with Gasteiger partial charge in [0.25, 0.3) is 0 Å². The average Bonchev–Trinajstić information content (AvgIpc) is 2.65. The number of nitrogens with zero attached hydrogens (tertiary/aromatic N) is 1. The molecule has 5 nitrogen and oxygen atoms in total. The largest absolute Gasteiger partial charge is 0.383 e. The molecule has 132 valence electrons. The van der Waals surface area contributed by atoms with Crippen molar-refractivity contribution >= 4 is 34.6 Å². The van der Waals surface area contributed by atoms with E-state index in [1.165, 1.54) is 0 Å². The van der Waals surface area contributed by atoms with E-state index >= 15 is 0 Å². The number of halogens is 1. The lowest BCUT2D eigenvalue weighted by atomic mass is 10.2. The normalized spacial score (nSPS) is 14.2. The van der Waals surface area contributed by atoms with Crippen molar-refractivity contribution in [2.45, 2.75) is 6.42 Å². The van der Waals surface area contributed by atoms with E-state index in [4.69, 9.17) is 16.3 Å². The Kier molecular flexibility index (Phi) is 6.14. The quantitative estimate of drug-likeness (QED) is 0.827. The second-order valence-corrected chi connectivity index (χ2v) is 6.28. The lowest BCUT2D eigenvalue weighted by molar-refractivity contribution is -0.115. The van der Waals surface area contributed by atoms with E-state index < -0.39 is 0 Å². The summed E-state index contributed by atoms with van der Waals surface area (Å²) in [5.41, 5.74) is 2.95. The molecule has 1 fully saturated rings. The molecule has 0 aliphatic carbocycles. The summed E-state index contributed by atoms with van der Waals surface area (Å²) in [6.45, 7) is 3.84. The molecule has 2 aromatic carbocycles. The Labute approximate surface area is 152 Å². The molecule has 0 aromatic heterocycles. The van der Waals surface area contributed by atoms with Crippen LogP contribution in [0, 0.1) is 0 Å². The Balaban J connectivity index is 1.51. The molecule has 0 saturated carbocycles. The molecule has 1 aliphatic heterocycles. The summed E-state index contributed by atoms with van der Waals surface area (Å²) in [5.74, 6) is -0.0290. The Morgan fingerprint density at radius 2 is 1.80 bits per heavy atom. The van der Waals surface area contributed by atoms with Gasteiger partial charge in [-0.15, -0.1) is 0 Å². The lowest BCUT2D eigenvalue weighted by Gasteiger charge is -2.30. The van der Waals surface area contributed by atoms with Crippen LogP contribution >= 0.6 is 11.6 Å². The van der Waals surface area contributed by atoms with Crippen molar-refractivity contribution in [3.05, 3.63) is 53.6 Å². The average molecular weight is 360 g/mol. The number of morpholine rings is 1. The fraction of sp³-hybridized carbons (Fsp3) is 0.316. The first-order valence-corrected chi connectivity index (χ1v) is 8.81. The summed E-state index contributed by atoms with van der Waals surface area (Å²) in [6, 6.07) is 15.3. The number of benzene rings is 2. The van der Waals surface area contributed by atoms with Gasteiger partial charge in [0.1, 0.15) is 0 Å². The van der Waals surface area contributed by atoms with Crippen LogP contribution in [-0.4, -0.2) is 38.8 Å². The zero-order valence-corrected chi connectivity index (χ0v) is 14.8. The highest BCUT2D eigenvalue weighted by Crippen LogP contribution is 2.26. The third kappa shape index (κ3) is 5.11. The van der Waals surface area contributed by atoms with E-state index in [9.17, 15) is 4.79 Å². The van der Waals surface area contributed by atoms with Crippen molar-refractivity contribution in [1.82, 2.24) is 0 Å². The summed E-state index contributed by atoms with van der Waals surface area (Å²) in [6.07, 6.45) is 0.389. The van der Waals surface area contributed by atoms with Gasteiger partial charge >= 0.3 is 0 Å². The number of carbonyl (C=O) groups excluding carboxylic acids is 1. The van der Waals surface area contributed by atoms with Crippen LogP contribution < -0.4 is 15.5 Å². The third-order valence-electron chi connectivity index (χ3n) is 4.05. The molecule has 1 saturated heterocycles. The molecule has 2 N–H and O–H groups in total. The first-order valence-electron chi connectivity index (χ1n) is 8.43. The molecule has 2 aromatic rings. The fourth-order valence-corrected chi connectivity index (χ4v) is 2.90. The zero-order valence-electron chi connectivity index (χ0n) is 14.0. The maximum Gasteiger partial charge on any atom is 0.226 e. The molecule has 3 rings (SSSR count). The van der Waals surface area contributed by atoms with Crippen LogP contribution in [0.15, 0.2) is 48.5 Å². The Morgan fingerprint density at radius 3 is 2.56 bits per heavy atom. The van der Waals surface area contributed by atoms with E-state index in [0.29, 0.717) is 18.0 Å². The summed E-state index contributed by atoms with van der Waals surface area (Å²) >= 11 is 5.84. The molecule has 1 amide bonds. The van der Waals surface area contributed by atoms with Crippen molar-refractivity contribution in [2.24, 2.45) is 0 Å². The number of anilines is 3.